The normalized spacial score (nSPS) is 14.7. The van der Waals surface area contributed by atoms with E-state index < -0.39 is 29.7 Å². The molecule has 6 N–H and O–H groups in total. The number of carbonyl (C=O) groups is 4. The molecule has 0 fully saturated rings. The molecule has 0 aromatic heterocycles. The second-order valence-corrected chi connectivity index (χ2v) is 4.85. The van der Waals surface area contributed by atoms with Gasteiger partial charge >= 0.3 is 5.97 Å². The third-order valence-electron chi connectivity index (χ3n) is 3.08. The summed E-state index contributed by atoms with van der Waals surface area (Å²) in [5.41, 5.74) is 5.09. The number of nitrogens with two attached hydrogens (primary N) is 1. The quantitative estimate of drug-likeness (QED) is 0.143. The average molecular weight is 325 g/mol. The second kappa shape index (κ2) is 8.51. The van der Waals surface area contributed by atoms with Crippen LogP contribution in [-0.4, -0.2) is 58.8 Å². The van der Waals surface area contributed by atoms with Crippen molar-refractivity contribution in [1.82, 2.24) is 15.5 Å². The number of nitrogens with zero attached hydrogens (tertiary/aromatic N) is 1. The molecule has 3 amide bonds. The highest BCUT2D eigenvalue weighted by atomic mass is 16.4. The fourth-order valence-electron chi connectivity index (χ4n) is 1.92. The fourth-order valence-corrected chi connectivity index (χ4v) is 1.92. The Hall–Kier alpha value is -2.91. The van der Waals surface area contributed by atoms with Crippen molar-refractivity contribution >= 4 is 29.7 Å². The van der Waals surface area contributed by atoms with Crippen LogP contribution in [0.15, 0.2) is 12.2 Å². The molecule has 0 saturated carbocycles. The zero-order chi connectivity index (χ0) is 17.4. The van der Waals surface area contributed by atoms with E-state index >= 15 is 0 Å². The number of amides is 3. The van der Waals surface area contributed by atoms with Gasteiger partial charge in [0.15, 0.2) is 5.96 Å². The molecule has 0 aromatic rings. The highest BCUT2D eigenvalue weighted by molar-refractivity contribution is 6.13. The molecule has 0 aliphatic carbocycles. The summed E-state index contributed by atoms with van der Waals surface area (Å²) in [7, 11) is 0. The van der Waals surface area contributed by atoms with Crippen LogP contribution in [0.25, 0.3) is 0 Å². The number of imide groups is 1. The zero-order valence-corrected chi connectivity index (χ0v) is 12.4. The van der Waals surface area contributed by atoms with Gasteiger partial charge in [0.1, 0.15) is 6.04 Å². The van der Waals surface area contributed by atoms with E-state index in [0.717, 1.165) is 17.1 Å². The van der Waals surface area contributed by atoms with Crippen LogP contribution in [0.3, 0.4) is 0 Å². The highest BCUT2D eigenvalue weighted by Crippen LogP contribution is 2.05. The average Bonchev–Trinajstić information content (AvgIpc) is 2.78. The van der Waals surface area contributed by atoms with Crippen LogP contribution in [0.2, 0.25) is 0 Å². The molecule has 126 valence electrons. The lowest BCUT2D eigenvalue weighted by Crippen LogP contribution is -2.43. The molecule has 0 unspecified atom stereocenters. The van der Waals surface area contributed by atoms with Crippen LogP contribution in [-0.2, 0) is 19.2 Å². The molecule has 0 radical (unpaired) electrons. The summed E-state index contributed by atoms with van der Waals surface area (Å²) in [4.78, 5) is 46.4. The van der Waals surface area contributed by atoms with E-state index in [9.17, 15) is 19.2 Å². The molecule has 10 heteroatoms. The Morgan fingerprint density at radius 3 is 2.43 bits per heavy atom. The van der Waals surface area contributed by atoms with E-state index in [1.807, 2.05) is 0 Å². The van der Waals surface area contributed by atoms with Gasteiger partial charge in [0.05, 0.1) is 0 Å². The van der Waals surface area contributed by atoms with Crippen molar-refractivity contribution in [3.8, 4) is 0 Å². The summed E-state index contributed by atoms with van der Waals surface area (Å²) in [6.45, 7) is 0.214. The lowest BCUT2D eigenvalue weighted by Gasteiger charge is -2.17. The summed E-state index contributed by atoms with van der Waals surface area (Å²) in [5, 5.41) is 20.9. The molecule has 0 spiro atoms. The number of hydrogen-bond acceptors (Lipinski definition) is 5. The van der Waals surface area contributed by atoms with Crippen LogP contribution < -0.4 is 16.4 Å². The Morgan fingerprint density at radius 2 is 1.91 bits per heavy atom. The van der Waals surface area contributed by atoms with Crippen molar-refractivity contribution in [1.29, 1.82) is 5.41 Å². The topological polar surface area (TPSA) is 166 Å². The maximum absolute atomic E-state index is 11.8. The summed E-state index contributed by atoms with van der Waals surface area (Å²) in [6, 6.07) is -1.08. The first-order chi connectivity index (χ1) is 10.8. The number of carbonyl (C=O) groups excluding carboxylic acids is 3. The summed E-state index contributed by atoms with van der Waals surface area (Å²) in [6.07, 6.45) is 2.60. The minimum Gasteiger partial charge on any atom is -0.480 e. The molecule has 23 heavy (non-hydrogen) atoms. The Labute approximate surface area is 132 Å². The van der Waals surface area contributed by atoms with Crippen LogP contribution in [0.1, 0.15) is 19.3 Å². The smallest absolute Gasteiger partial charge is 0.326 e. The van der Waals surface area contributed by atoms with Gasteiger partial charge in [-0.2, -0.15) is 0 Å². The van der Waals surface area contributed by atoms with E-state index in [1.165, 1.54) is 0 Å². The predicted molar refractivity (Wildman–Crippen MR) is 79.2 cm³/mol. The monoisotopic (exact) mass is 325 g/mol. The van der Waals surface area contributed by atoms with Crippen LogP contribution in [0.4, 0.5) is 0 Å². The number of nitrogens with one attached hydrogen (secondary N) is 3. The Morgan fingerprint density at radius 1 is 1.30 bits per heavy atom. The largest absolute Gasteiger partial charge is 0.480 e. The Balaban J connectivity index is 2.36. The van der Waals surface area contributed by atoms with Gasteiger partial charge in [-0.3, -0.25) is 24.7 Å². The Kier molecular flexibility index (Phi) is 6.71. The van der Waals surface area contributed by atoms with E-state index in [2.05, 4.69) is 10.6 Å². The Bertz CT molecular complexity index is 527. The van der Waals surface area contributed by atoms with Gasteiger partial charge in [0.25, 0.3) is 11.8 Å². The first-order valence-electron chi connectivity index (χ1n) is 6.95. The van der Waals surface area contributed by atoms with Gasteiger partial charge in [-0.1, -0.05) is 0 Å². The molecule has 1 rings (SSSR count). The van der Waals surface area contributed by atoms with Gasteiger partial charge in [0.2, 0.25) is 5.91 Å². The zero-order valence-electron chi connectivity index (χ0n) is 12.4. The van der Waals surface area contributed by atoms with Crippen LogP contribution >= 0.6 is 0 Å². The number of carboxylic acid groups (broad SMARTS) is 1. The number of hydrogen-bond donors (Lipinski definition) is 5. The maximum Gasteiger partial charge on any atom is 0.326 e. The van der Waals surface area contributed by atoms with Crippen molar-refractivity contribution in [2.75, 3.05) is 13.1 Å². The van der Waals surface area contributed by atoms with Crippen molar-refractivity contribution < 1.29 is 24.3 Å². The van der Waals surface area contributed by atoms with E-state index in [0.29, 0.717) is 13.0 Å². The number of carboxylic acids is 1. The standard InChI is InChI=1S/C13H19N5O5/c14-13(15)16-6-1-2-8(12(22)23)17-9(19)5-7-18-10(20)3-4-11(18)21/h3-4,8H,1-2,5-7H2,(H,17,19)(H,22,23)(H4,14,15,16)/t8-/m0/s1. The summed E-state index contributed by atoms with van der Waals surface area (Å²) < 4.78 is 0. The van der Waals surface area contributed by atoms with Gasteiger partial charge < -0.3 is 21.5 Å². The van der Waals surface area contributed by atoms with Crippen LogP contribution in [0.5, 0.6) is 0 Å². The van der Waals surface area contributed by atoms with E-state index in [-0.39, 0.29) is 25.3 Å². The third kappa shape index (κ3) is 6.16. The summed E-state index contributed by atoms with van der Waals surface area (Å²) >= 11 is 0. The lowest BCUT2D eigenvalue weighted by atomic mass is 10.1. The number of guanidine groups is 1. The number of aliphatic carboxylic acids is 1. The third-order valence-corrected chi connectivity index (χ3v) is 3.08. The van der Waals surface area contributed by atoms with Gasteiger partial charge in [-0.25, -0.2) is 4.79 Å². The minimum absolute atomic E-state index is 0.102. The highest BCUT2D eigenvalue weighted by Gasteiger charge is 2.25. The lowest BCUT2D eigenvalue weighted by molar-refractivity contribution is -0.143. The first-order valence-corrected chi connectivity index (χ1v) is 6.95. The molecule has 0 saturated heterocycles. The molecular formula is C13H19N5O5. The SMILES string of the molecule is N=C(N)NCCC[C@H](NC(=O)CCN1C(=O)C=CC1=O)C(=O)O. The first kappa shape index (κ1) is 18.1. The van der Waals surface area contributed by atoms with Gasteiger partial charge in [-0.15, -0.1) is 0 Å². The molecular weight excluding hydrogens is 306 g/mol. The molecule has 0 bridgehead atoms. The van der Waals surface area contributed by atoms with E-state index in [1.54, 1.807) is 0 Å². The van der Waals surface area contributed by atoms with Gasteiger partial charge in [-0.05, 0) is 12.8 Å². The van der Waals surface area contributed by atoms with Gasteiger partial charge in [0, 0.05) is 31.7 Å². The molecule has 0 aromatic carbocycles. The maximum atomic E-state index is 11.8. The molecule has 1 aliphatic heterocycles. The summed E-state index contributed by atoms with van der Waals surface area (Å²) in [5.74, 6) is -2.95. The molecule has 1 aliphatic rings. The van der Waals surface area contributed by atoms with Crippen LogP contribution in [0, 0.1) is 5.41 Å². The predicted octanol–water partition coefficient (Wildman–Crippen LogP) is -1.87. The molecule has 10 nitrogen and oxygen atoms in total. The van der Waals surface area contributed by atoms with E-state index in [4.69, 9.17) is 16.2 Å². The van der Waals surface area contributed by atoms with Crippen molar-refractivity contribution in [2.24, 2.45) is 5.73 Å². The fraction of sp³-hybridized carbons (Fsp3) is 0.462. The molecule has 1 heterocycles. The van der Waals surface area contributed by atoms with Crippen molar-refractivity contribution in [3.05, 3.63) is 12.2 Å². The molecule has 1 atom stereocenters. The van der Waals surface area contributed by atoms with Crippen molar-refractivity contribution in [2.45, 2.75) is 25.3 Å². The second-order valence-electron chi connectivity index (χ2n) is 4.85. The minimum atomic E-state index is -1.18. The van der Waals surface area contributed by atoms with Crippen molar-refractivity contribution in [3.63, 3.8) is 0 Å². The number of rotatable bonds is 9.